The smallest absolute Gasteiger partial charge is 0.338 e. The molecule has 0 unspecified atom stereocenters. The molecule has 0 bridgehead atoms. The van der Waals surface area contributed by atoms with Crippen LogP contribution in [0.5, 0.6) is 0 Å². The number of tetrazole rings is 1. The van der Waals surface area contributed by atoms with Crippen LogP contribution in [-0.2, 0) is 13.0 Å². The van der Waals surface area contributed by atoms with Crippen molar-refractivity contribution in [2.75, 3.05) is 0 Å². The molecule has 0 atom stereocenters. The van der Waals surface area contributed by atoms with Crippen LogP contribution in [0.2, 0.25) is 0 Å². The van der Waals surface area contributed by atoms with Crippen LogP contribution in [0.1, 0.15) is 46.9 Å². The van der Waals surface area contributed by atoms with E-state index in [1.54, 1.807) is 4.80 Å². The number of unbranched alkanes of at least 4 members (excludes halogenated alkanes) is 1. The predicted molar refractivity (Wildman–Crippen MR) is 161 cm³/mol. The van der Waals surface area contributed by atoms with Crippen molar-refractivity contribution in [2.24, 2.45) is 0 Å². The topological polar surface area (TPSA) is 85.8 Å². The maximum absolute atomic E-state index is 12.6. The van der Waals surface area contributed by atoms with Crippen LogP contribution in [0.3, 0.4) is 0 Å². The molecule has 4 aromatic carbocycles. The Bertz CT molecular complexity index is 1840. The summed E-state index contributed by atoms with van der Waals surface area (Å²) in [6.45, 7) is 4.95. The molecule has 41 heavy (non-hydrogen) atoms. The van der Waals surface area contributed by atoms with Gasteiger partial charge in [0.2, 0.25) is 5.82 Å². The van der Waals surface area contributed by atoms with Crippen molar-refractivity contribution < 1.29 is 9.90 Å². The molecule has 0 radical (unpaired) electrons. The Hall–Kier alpha value is -5.04. The van der Waals surface area contributed by atoms with Crippen LogP contribution in [-0.4, -0.2) is 35.9 Å². The lowest BCUT2D eigenvalue weighted by Gasteiger charge is -2.14. The fourth-order valence-electron chi connectivity index (χ4n) is 5.41. The first-order valence-corrected chi connectivity index (χ1v) is 13.9. The highest BCUT2D eigenvalue weighted by molar-refractivity contribution is 6.05. The van der Waals surface area contributed by atoms with Crippen molar-refractivity contribution in [1.82, 2.24) is 24.8 Å². The van der Waals surface area contributed by atoms with Gasteiger partial charge in [0.05, 0.1) is 11.3 Å². The van der Waals surface area contributed by atoms with Crippen molar-refractivity contribution in [3.8, 4) is 28.2 Å². The molecule has 7 nitrogen and oxygen atoms in total. The minimum Gasteiger partial charge on any atom is -0.478 e. The molecule has 2 heterocycles. The molecule has 0 spiro atoms. The molecule has 6 rings (SSSR count). The summed E-state index contributed by atoms with van der Waals surface area (Å²) in [5.41, 5.74) is 7.98. The fraction of sp³-hybridized carbons (Fsp3) is 0.176. The van der Waals surface area contributed by atoms with E-state index < -0.39 is 5.97 Å². The number of para-hydroxylation sites is 1. The van der Waals surface area contributed by atoms with Gasteiger partial charge >= 0.3 is 5.97 Å². The molecule has 0 amide bonds. The van der Waals surface area contributed by atoms with Crippen molar-refractivity contribution in [3.63, 3.8) is 0 Å². The van der Waals surface area contributed by atoms with Crippen molar-refractivity contribution in [3.05, 3.63) is 119 Å². The number of hydrogen-bond acceptors (Lipinski definition) is 4. The first-order chi connectivity index (χ1) is 20.0. The highest BCUT2D eigenvalue weighted by atomic mass is 16.4. The molecule has 0 aliphatic carbocycles. The molecule has 0 aliphatic heterocycles. The summed E-state index contributed by atoms with van der Waals surface area (Å²) in [7, 11) is 0. The average molecular weight is 542 g/mol. The Balaban J connectivity index is 1.48. The molecular formula is C34H31N5O2. The number of rotatable bonds is 9. The maximum atomic E-state index is 12.6. The van der Waals surface area contributed by atoms with E-state index in [4.69, 9.17) is 5.10 Å². The van der Waals surface area contributed by atoms with Crippen molar-refractivity contribution in [1.29, 1.82) is 0 Å². The Morgan fingerprint density at radius 3 is 2.39 bits per heavy atom. The first kappa shape index (κ1) is 26.2. The summed E-state index contributed by atoms with van der Waals surface area (Å²) in [4.78, 5) is 14.1. The molecule has 0 aliphatic rings. The third-order valence-corrected chi connectivity index (χ3v) is 7.49. The predicted octanol–water partition coefficient (Wildman–Crippen LogP) is 7.35. The van der Waals surface area contributed by atoms with E-state index in [2.05, 4.69) is 52.1 Å². The normalized spacial score (nSPS) is 11.3. The van der Waals surface area contributed by atoms with Crippen LogP contribution < -0.4 is 0 Å². The lowest BCUT2D eigenvalue weighted by Crippen LogP contribution is -2.08. The van der Waals surface area contributed by atoms with Crippen LogP contribution >= 0.6 is 0 Å². The number of carboxylic acids is 1. The average Bonchev–Trinajstić information content (AvgIpc) is 3.60. The third-order valence-electron chi connectivity index (χ3n) is 7.49. The Morgan fingerprint density at radius 2 is 1.63 bits per heavy atom. The van der Waals surface area contributed by atoms with Gasteiger partial charge in [0, 0.05) is 35.1 Å². The Morgan fingerprint density at radius 1 is 0.878 bits per heavy atom. The summed E-state index contributed by atoms with van der Waals surface area (Å²) >= 11 is 0. The second-order valence-electron chi connectivity index (χ2n) is 10.3. The number of nitrogens with zero attached hydrogens (tertiary/aromatic N) is 5. The van der Waals surface area contributed by atoms with Gasteiger partial charge < -0.3 is 9.67 Å². The number of aromatic carboxylic acids is 1. The zero-order valence-corrected chi connectivity index (χ0v) is 23.2. The molecule has 6 aromatic rings. The van der Waals surface area contributed by atoms with Gasteiger partial charge in [-0.2, -0.15) is 0 Å². The number of aryl methyl sites for hydroxylation is 2. The maximum Gasteiger partial charge on any atom is 0.338 e. The SMILES string of the molecule is CCCCn1c(Cc2ccc(-c3ccccc3)c(-c3nnn(-c4ccc(C)cc4)n3)c2)c(C(=O)O)c2ccccc21. The zero-order valence-electron chi connectivity index (χ0n) is 23.2. The second-order valence-corrected chi connectivity index (χ2v) is 10.3. The summed E-state index contributed by atoms with van der Waals surface area (Å²) < 4.78 is 2.18. The van der Waals surface area contributed by atoms with Gasteiger partial charge in [-0.3, -0.25) is 0 Å². The van der Waals surface area contributed by atoms with Crippen molar-refractivity contribution >= 4 is 16.9 Å². The van der Waals surface area contributed by atoms with Gasteiger partial charge in [-0.05, 0) is 59.5 Å². The summed E-state index contributed by atoms with van der Waals surface area (Å²) in [5, 5.41) is 24.6. The molecule has 2 aromatic heterocycles. The highest BCUT2D eigenvalue weighted by Crippen LogP contribution is 2.34. The number of carbonyl (C=O) groups is 1. The molecule has 0 saturated heterocycles. The van der Waals surface area contributed by atoms with Crippen LogP contribution in [0.4, 0.5) is 0 Å². The van der Waals surface area contributed by atoms with E-state index in [0.29, 0.717) is 17.8 Å². The lowest BCUT2D eigenvalue weighted by atomic mass is 9.95. The third kappa shape index (κ3) is 5.14. The van der Waals surface area contributed by atoms with Crippen molar-refractivity contribution in [2.45, 2.75) is 39.7 Å². The summed E-state index contributed by atoms with van der Waals surface area (Å²) in [6.07, 6.45) is 2.45. The zero-order chi connectivity index (χ0) is 28.3. The monoisotopic (exact) mass is 541 g/mol. The van der Waals surface area contributed by atoms with Crippen LogP contribution in [0, 0.1) is 6.92 Å². The van der Waals surface area contributed by atoms with Gasteiger partial charge in [0.25, 0.3) is 0 Å². The van der Waals surface area contributed by atoms with Gasteiger partial charge in [-0.25, -0.2) is 4.79 Å². The number of fused-ring (bicyclic) bond motifs is 1. The van der Waals surface area contributed by atoms with E-state index in [0.717, 1.165) is 69.5 Å². The molecule has 0 saturated carbocycles. The van der Waals surface area contributed by atoms with Gasteiger partial charge in [0.15, 0.2) is 0 Å². The number of hydrogen-bond donors (Lipinski definition) is 1. The van der Waals surface area contributed by atoms with E-state index >= 15 is 0 Å². The molecular weight excluding hydrogens is 510 g/mol. The highest BCUT2D eigenvalue weighted by Gasteiger charge is 2.23. The largest absolute Gasteiger partial charge is 0.478 e. The number of aromatic nitrogens is 5. The van der Waals surface area contributed by atoms with E-state index in [9.17, 15) is 9.90 Å². The molecule has 0 fully saturated rings. The lowest BCUT2D eigenvalue weighted by molar-refractivity contribution is 0.0697. The quantitative estimate of drug-likeness (QED) is 0.207. The van der Waals surface area contributed by atoms with Gasteiger partial charge in [-0.15, -0.1) is 15.0 Å². The minimum absolute atomic E-state index is 0.369. The second kappa shape index (κ2) is 11.2. The number of benzene rings is 4. The summed E-state index contributed by atoms with van der Waals surface area (Å²) in [6, 6.07) is 32.1. The van der Waals surface area contributed by atoms with Crippen LogP contribution in [0.15, 0.2) is 97.1 Å². The molecule has 1 N–H and O–H groups in total. The van der Waals surface area contributed by atoms with E-state index in [1.165, 1.54) is 0 Å². The van der Waals surface area contributed by atoms with E-state index in [1.807, 2.05) is 73.7 Å². The number of carboxylic acid groups (broad SMARTS) is 1. The standard InChI is InChI=1S/C34H31N5O2/c1-3-4-20-38-30-13-9-8-12-28(30)32(34(40)41)31(38)22-24-16-19-27(25-10-6-5-7-11-25)29(21-24)33-35-37-39(36-33)26-17-14-23(2)15-18-26/h5-19,21H,3-4,20,22H2,1-2H3,(H,40,41). The fourth-order valence-corrected chi connectivity index (χ4v) is 5.41. The van der Waals surface area contributed by atoms with Gasteiger partial charge in [-0.1, -0.05) is 91.7 Å². The Labute approximate surface area is 238 Å². The Kier molecular flexibility index (Phi) is 7.17. The molecule has 7 heteroatoms. The first-order valence-electron chi connectivity index (χ1n) is 13.9. The molecule has 204 valence electrons. The summed E-state index contributed by atoms with van der Waals surface area (Å²) in [5.74, 6) is -0.397. The van der Waals surface area contributed by atoms with E-state index in [-0.39, 0.29) is 0 Å². The van der Waals surface area contributed by atoms with Crippen LogP contribution in [0.25, 0.3) is 39.1 Å². The minimum atomic E-state index is -0.907. The van der Waals surface area contributed by atoms with Gasteiger partial charge in [0.1, 0.15) is 0 Å².